The molecule has 102 valence electrons. The highest BCUT2D eigenvalue weighted by molar-refractivity contribution is 6.31. The maximum absolute atomic E-state index is 11.8. The summed E-state index contributed by atoms with van der Waals surface area (Å²) >= 11 is 5.89. The second-order valence-electron chi connectivity index (χ2n) is 4.20. The maximum atomic E-state index is 11.8. The van der Waals surface area contributed by atoms with Gasteiger partial charge >= 0.3 is 0 Å². The number of hydrazone groups is 1. The van der Waals surface area contributed by atoms with E-state index in [0.29, 0.717) is 16.3 Å². The molecule has 1 amide bonds. The van der Waals surface area contributed by atoms with Gasteiger partial charge in [-0.2, -0.15) is 5.10 Å². The third kappa shape index (κ3) is 3.59. The molecule has 2 N–H and O–H groups in total. The second-order valence-corrected chi connectivity index (χ2v) is 4.64. The maximum Gasteiger partial charge on any atom is 0.271 e. The van der Waals surface area contributed by atoms with E-state index in [9.17, 15) is 9.90 Å². The lowest BCUT2D eigenvalue weighted by atomic mass is 10.1. The van der Waals surface area contributed by atoms with Gasteiger partial charge in [-0.3, -0.25) is 4.79 Å². The van der Waals surface area contributed by atoms with Crippen LogP contribution in [0.15, 0.2) is 53.6 Å². The molecule has 0 atom stereocenters. The highest BCUT2D eigenvalue weighted by Crippen LogP contribution is 2.12. The Hall–Kier alpha value is -2.33. The van der Waals surface area contributed by atoms with Crippen molar-refractivity contribution in [3.8, 4) is 5.75 Å². The van der Waals surface area contributed by atoms with Gasteiger partial charge in [0, 0.05) is 10.6 Å². The van der Waals surface area contributed by atoms with E-state index >= 15 is 0 Å². The smallest absolute Gasteiger partial charge is 0.271 e. The topological polar surface area (TPSA) is 61.7 Å². The summed E-state index contributed by atoms with van der Waals surface area (Å²) in [7, 11) is 0. The van der Waals surface area contributed by atoms with Crippen molar-refractivity contribution in [2.75, 3.05) is 0 Å². The Morgan fingerprint density at radius 3 is 2.55 bits per heavy atom. The molecular weight excluding hydrogens is 276 g/mol. The molecule has 2 aromatic carbocycles. The van der Waals surface area contributed by atoms with Gasteiger partial charge in [0.05, 0.1) is 5.71 Å². The van der Waals surface area contributed by atoms with Crippen LogP contribution in [-0.4, -0.2) is 16.7 Å². The van der Waals surface area contributed by atoms with Gasteiger partial charge in [-0.1, -0.05) is 29.8 Å². The van der Waals surface area contributed by atoms with E-state index in [1.54, 1.807) is 31.2 Å². The molecule has 0 saturated heterocycles. The van der Waals surface area contributed by atoms with Crippen molar-refractivity contribution in [2.45, 2.75) is 6.92 Å². The molecule has 0 radical (unpaired) electrons. The Labute approximate surface area is 121 Å². The zero-order chi connectivity index (χ0) is 14.5. The summed E-state index contributed by atoms with van der Waals surface area (Å²) in [6.07, 6.45) is 0. The van der Waals surface area contributed by atoms with Crippen molar-refractivity contribution in [1.29, 1.82) is 0 Å². The number of aromatic hydroxyl groups is 1. The van der Waals surface area contributed by atoms with E-state index in [2.05, 4.69) is 10.5 Å². The molecular formula is C15H13ClN2O2. The van der Waals surface area contributed by atoms with E-state index in [1.165, 1.54) is 12.1 Å². The minimum Gasteiger partial charge on any atom is -0.508 e. The number of amides is 1. The first kappa shape index (κ1) is 14.1. The summed E-state index contributed by atoms with van der Waals surface area (Å²) in [5, 5.41) is 13.9. The Morgan fingerprint density at radius 1 is 1.15 bits per heavy atom. The molecule has 0 heterocycles. The van der Waals surface area contributed by atoms with Gasteiger partial charge in [-0.15, -0.1) is 0 Å². The number of nitrogens with one attached hydrogen (secondary N) is 1. The van der Waals surface area contributed by atoms with Gasteiger partial charge in [0.15, 0.2) is 0 Å². The predicted molar refractivity (Wildman–Crippen MR) is 79.2 cm³/mol. The lowest BCUT2D eigenvalue weighted by Gasteiger charge is -2.04. The number of benzene rings is 2. The Balaban J connectivity index is 2.11. The highest BCUT2D eigenvalue weighted by atomic mass is 35.5. The van der Waals surface area contributed by atoms with Crippen molar-refractivity contribution in [3.05, 3.63) is 64.7 Å². The van der Waals surface area contributed by atoms with Crippen LogP contribution < -0.4 is 5.43 Å². The Morgan fingerprint density at radius 2 is 1.85 bits per heavy atom. The summed E-state index contributed by atoms with van der Waals surface area (Å²) in [6, 6.07) is 13.3. The minimum absolute atomic E-state index is 0.0354. The van der Waals surface area contributed by atoms with Gasteiger partial charge in [0.25, 0.3) is 5.91 Å². The van der Waals surface area contributed by atoms with E-state index < -0.39 is 0 Å². The zero-order valence-electron chi connectivity index (χ0n) is 10.8. The number of carbonyl (C=O) groups excluding carboxylic acids is 1. The van der Waals surface area contributed by atoms with Crippen LogP contribution in [0.25, 0.3) is 0 Å². The summed E-state index contributed by atoms with van der Waals surface area (Å²) < 4.78 is 0. The zero-order valence-corrected chi connectivity index (χ0v) is 11.6. The average Bonchev–Trinajstić information content (AvgIpc) is 2.44. The van der Waals surface area contributed by atoms with Crippen molar-refractivity contribution >= 4 is 23.2 Å². The van der Waals surface area contributed by atoms with Crippen molar-refractivity contribution in [3.63, 3.8) is 0 Å². The molecule has 0 aromatic heterocycles. The van der Waals surface area contributed by atoms with Crippen LogP contribution in [0.5, 0.6) is 5.75 Å². The Bertz CT molecular complexity index is 668. The third-order valence-corrected chi connectivity index (χ3v) is 2.91. The molecule has 0 aliphatic carbocycles. The molecule has 0 fully saturated rings. The quantitative estimate of drug-likeness (QED) is 0.673. The van der Waals surface area contributed by atoms with E-state index in [4.69, 9.17) is 11.6 Å². The number of hydrogen-bond donors (Lipinski definition) is 2. The highest BCUT2D eigenvalue weighted by Gasteiger charge is 2.05. The fourth-order valence-corrected chi connectivity index (χ4v) is 1.81. The van der Waals surface area contributed by atoms with Gasteiger partial charge in [0.1, 0.15) is 5.75 Å². The van der Waals surface area contributed by atoms with Crippen molar-refractivity contribution in [1.82, 2.24) is 5.43 Å². The summed E-state index contributed by atoms with van der Waals surface area (Å²) in [4.78, 5) is 11.8. The van der Waals surface area contributed by atoms with Crippen molar-refractivity contribution < 1.29 is 9.90 Å². The second kappa shape index (κ2) is 6.21. The van der Waals surface area contributed by atoms with Crippen LogP contribution in [0, 0.1) is 0 Å². The number of phenols is 1. The standard InChI is InChI=1S/C15H13ClN2O2/c1-10(11-4-2-6-13(16)8-11)17-18-15(20)12-5-3-7-14(19)9-12/h2-9,19H,1H3,(H,18,20)/b17-10+. The monoisotopic (exact) mass is 288 g/mol. The molecule has 4 nitrogen and oxygen atoms in total. The lowest BCUT2D eigenvalue weighted by molar-refractivity contribution is 0.0954. The fraction of sp³-hybridized carbons (Fsp3) is 0.0667. The molecule has 5 heteroatoms. The molecule has 0 bridgehead atoms. The first-order chi connectivity index (χ1) is 9.56. The van der Waals surface area contributed by atoms with Crippen LogP contribution in [0.1, 0.15) is 22.8 Å². The number of carbonyl (C=O) groups is 1. The lowest BCUT2D eigenvalue weighted by Crippen LogP contribution is -2.19. The molecule has 0 aliphatic heterocycles. The van der Waals surface area contributed by atoms with Crippen LogP contribution in [0.3, 0.4) is 0 Å². The van der Waals surface area contributed by atoms with E-state index in [1.807, 2.05) is 12.1 Å². The predicted octanol–water partition coefficient (Wildman–Crippen LogP) is 3.20. The minimum atomic E-state index is -0.387. The summed E-state index contributed by atoms with van der Waals surface area (Å²) in [5.74, 6) is -0.351. The van der Waals surface area contributed by atoms with Crippen LogP contribution in [0.2, 0.25) is 5.02 Å². The molecule has 0 aliphatic rings. The number of hydrogen-bond acceptors (Lipinski definition) is 3. The largest absolute Gasteiger partial charge is 0.508 e. The van der Waals surface area contributed by atoms with E-state index in [0.717, 1.165) is 5.56 Å². The third-order valence-electron chi connectivity index (χ3n) is 2.68. The molecule has 0 unspecified atom stereocenters. The number of nitrogens with zero attached hydrogens (tertiary/aromatic N) is 1. The summed E-state index contributed by atoms with van der Waals surface area (Å²) in [6.45, 7) is 1.77. The molecule has 20 heavy (non-hydrogen) atoms. The molecule has 0 spiro atoms. The molecule has 0 saturated carbocycles. The van der Waals surface area contributed by atoms with Gasteiger partial charge < -0.3 is 5.11 Å². The fourth-order valence-electron chi connectivity index (χ4n) is 1.62. The summed E-state index contributed by atoms with van der Waals surface area (Å²) in [5.41, 5.74) is 4.25. The Kier molecular flexibility index (Phi) is 4.38. The first-order valence-corrected chi connectivity index (χ1v) is 6.33. The number of rotatable bonds is 3. The van der Waals surface area contributed by atoms with Crippen molar-refractivity contribution in [2.24, 2.45) is 5.10 Å². The normalized spacial score (nSPS) is 11.2. The SMILES string of the molecule is C/C(=N\NC(=O)c1cccc(O)c1)c1cccc(Cl)c1. The number of phenolic OH excluding ortho intramolecular Hbond substituents is 1. The molecule has 2 rings (SSSR count). The van der Waals surface area contributed by atoms with Crippen LogP contribution in [0.4, 0.5) is 0 Å². The van der Waals surface area contributed by atoms with Gasteiger partial charge in [0.2, 0.25) is 0 Å². The van der Waals surface area contributed by atoms with Gasteiger partial charge in [-0.25, -0.2) is 5.43 Å². The average molecular weight is 289 g/mol. The molecule has 2 aromatic rings. The van der Waals surface area contributed by atoms with E-state index in [-0.39, 0.29) is 11.7 Å². The number of halogens is 1. The van der Waals surface area contributed by atoms with Crippen LogP contribution >= 0.6 is 11.6 Å². The first-order valence-electron chi connectivity index (χ1n) is 5.96. The van der Waals surface area contributed by atoms with Gasteiger partial charge in [-0.05, 0) is 42.8 Å². The van der Waals surface area contributed by atoms with Crippen LogP contribution in [-0.2, 0) is 0 Å².